The summed E-state index contributed by atoms with van der Waals surface area (Å²) in [5.74, 6) is 2.26. The number of para-hydroxylation sites is 2. The number of carbonyl (C=O) groups is 1. The molecule has 1 aromatic carbocycles. The lowest BCUT2D eigenvalue weighted by atomic mass is 10.2. The van der Waals surface area contributed by atoms with E-state index < -0.39 is 5.25 Å². The number of ether oxygens (including phenoxy) is 2. The molecule has 1 N–H and O–H groups in total. The van der Waals surface area contributed by atoms with Crippen molar-refractivity contribution in [1.29, 1.82) is 0 Å². The lowest BCUT2D eigenvalue weighted by Gasteiger charge is -2.25. The quantitative estimate of drug-likeness (QED) is 0.618. The summed E-state index contributed by atoms with van der Waals surface area (Å²) < 4.78 is 13.6. The van der Waals surface area contributed by atoms with Crippen molar-refractivity contribution in [3.05, 3.63) is 53.4 Å². The minimum Gasteiger partial charge on any atom is -0.485 e. The van der Waals surface area contributed by atoms with Gasteiger partial charge in [-0.15, -0.1) is 10.2 Å². The van der Waals surface area contributed by atoms with Crippen molar-refractivity contribution in [2.75, 3.05) is 11.9 Å². The summed E-state index contributed by atoms with van der Waals surface area (Å²) in [5, 5.41) is 11.9. The van der Waals surface area contributed by atoms with Gasteiger partial charge in [0, 0.05) is 13.2 Å². The Kier molecular flexibility index (Phi) is 5.59. The molecule has 1 aliphatic heterocycles. The van der Waals surface area contributed by atoms with Crippen LogP contribution < -0.4 is 14.8 Å². The Morgan fingerprint density at radius 3 is 2.83 bits per heavy atom. The summed E-state index contributed by atoms with van der Waals surface area (Å²) in [6.45, 7) is 2.13. The van der Waals surface area contributed by atoms with Crippen LogP contribution in [0.3, 0.4) is 0 Å². The first-order valence-electron chi connectivity index (χ1n) is 8.88. The highest BCUT2D eigenvalue weighted by Gasteiger charge is 2.28. The van der Waals surface area contributed by atoms with Gasteiger partial charge in [-0.2, -0.15) is 0 Å². The molecule has 8 nitrogen and oxygen atoms in total. The van der Waals surface area contributed by atoms with Gasteiger partial charge >= 0.3 is 0 Å². The summed E-state index contributed by atoms with van der Waals surface area (Å²) in [5.41, 5.74) is 0. The predicted octanol–water partition coefficient (Wildman–Crippen LogP) is 3.50. The van der Waals surface area contributed by atoms with E-state index in [1.165, 1.54) is 18.0 Å². The van der Waals surface area contributed by atoms with Gasteiger partial charge in [0.2, 0.25) is 5.91 Å². The van der Waals surface area contributed by atoms with Crippen LogP contribution in [0.1, 0.15) is 18.9 Å². The molecule has 0 fully saturated rings. The molecule has 0 spiro atoms. The average molecular weight is 432 g/mol. The van der Waals surface area contributed by atoms with Gasteiger partial charge in [0.25, 0.3) is 0 Å². The molecule has 4 rings (SSSR count). The first kappa shape index (κ1) is 19.5. The molecule has 0 radical (unpaired) electrons. The van der Waals surface area contributed by atoms with Gasteiger partial charge in [0.05, 0.1) is 10.3 Å². The molecule has 150 valence electrons. The number of rotatable bonds is 5. The topological polar surface area (TPSA) is 91.2 Å². The molecule has 0 saturated heterocycles. The van der Waals surface area contributed by atoms with E-state index in [-0.39, 0.29) is 12.0 Å². The Labute approximate surface area is 176 Å². The summed E-state index contributed by atoms with van der Waals surface area (Å²) in [4.78, 5) is 16.5. The van der Waals surface area contributed by atoms with Crippen molar-refractivity contribution in [2.24, 2.45) is 7.05 Å². The number of carbonyl (C=O) groups excluding carboxylic acids is 1. The number of amides is 1. The van der Waals surface area contributed by atoms with Gasteiger partial charge in [-0.1, -0.05) is 35.5 Å². The molecule has 2 aromatic heterocycles. The minimum atomic E-state index is -0.410. The third-order valence-corrected chi connectivity index (χ3v) is 5.65. The predicted molar refractivity (Wildman–Crippen MR) is 110 cm³/mol. The highest BCUT2D eigenvalue weighted by molar-refractivity contribution is 8.00. The van der Waals surface area contributed by atoms with Crippen LogP contribution in [0.25, 0.3) is 0 Å². The number of hydrogen-bond donors (Lipinski definition) is 1. The Bertz CT molecular complexity index is 1030. The SMILES string of the molecule is CC(Sc1nnc(C2COc3ccccc3O2)n1C)C(=O)Nc1ccc(Cl)cn1. The van der Waals surface area contributed by atoms with Gasteiger partial charge in [-0.25, -0.2) is 4.98 Å². The lowest BCUT2D eigenvalue weighted by molar-refractivity contribution is -0.115. The Morgan fingerprint density at radius 1 is 1.28 bits per heavy atom. The van der Waals surface area contributed by atoms with E-state index in [4.69, 9.17) is 21.1 Å². The Hall–Kier alpha value is -2.78. The summed E-state index contributed by atoms with van der Waals surface area (Å²) in [7, 11) is 1.84. The van der Waals surface area contributed by atoms with Gasteiger partial charge in [-0.3, -0.25) is 4.79 Å². The monoisotopic (exact) mass is 431 g/mol. The van der Waals surface area contributed by atoms with E-state index in [2.05, 4.69) is 20.5 Å². The van der Waals surface area contributed by atoms with Crippen LogP contribution in [-0.4, -0.2) is 37.5 Å². The summed E-state index contributed by atoms with van der Waals surface area (Å²) in [6, 6.07) is 10.8. The smallest absolute Gasteiger partial charge is 0.238 e. The second-order valence-corrected chi connectivity index (χ2v) is 8.12. The molecular weight excluding hydrogens is 414 g/mol. The van der Waals surface area contributed by atoms with Crippen LogP contribution in [0.15, 0.2) is 47.8 Å². The molecule has 29 heavy (non-hydrogen) atoms. The molecule has 3 heterocycles. The van der Waals surface area contributed by atoms with Crippen LogP contribution >= 0.6 is 23.4 Å². The highest BCUT2D eigenvalue weighted by atomic mass is 35.5. The molecule has 1 amide bonds. The molecule has 10 heteroatoms. The fourth-order valence-corrected chi connectivity index (χ4v) is 3.68. The second-order valence-electron chi connectivity index (χ2n) is 6.38. The number of fused-ring (bicyclic) bond motifs is 1. The molecule has 0 aliphatic carbocycles. The van der Waals surface area contributed by atoms with E-state index in [1.807, 2.05) is 35.9 Å². The van der Waals surface area contributed by atoms with E-state index in [9.17, 15) is 4.79 Å². The van der Waals surface area contributed by atoms with Crippen LogP contribution in [0.2, 0.25) is 5.02 Å². The van der Waals surface area contributed by atoms with Gasteiger partial charge in [0.1, 0.15) is 12.4 Å². The standard InChI is InChI=1S/C19H18ClN5O3S/c1-11(18(26)22-16-8-7-12(20)9-21-16)29-19-24-23-17(25(19)2)15-10-27-13-5-3-4-6-14(13)28-15/h3-9,11,15H,10H2,1-2H3,(H,21,22,26). The number of thioether (sulfide) groups is 1. The number of nitrogens with one attached hydrogen (secondary N) is 1. The van der Waals surface area contributed by atoms with Crippen molar-refractivity contribution in [1.82, 2.24) is 19.7 Å². The van der Waals surface area contributed by atoms with Crippen LogP contribution in [0.5, 0.6) is 11.5 Å². The van der Waals surface area contributed by atoms with E-state index in [0.29, 0.717) is 39.9 Å². The van der Waals surface area contributed by atoms with Gasteiger partial charge in [-0.05, 0) is 31.2 Å². The Balaban J connectivity index is 1.42. The molecular formula is C19H18ClN5O3S. The fraction of sp³-hybridized carbons (Fsp3) is 0.263. The van der Waals surface area contributed by atoms with Crippen molar-refractivity contribution in [2.45, 2.75) is 23.4 Å². The third kappa shape index (κ3) is 4.30. The number of aromatic nitrogens is 4. The lowest BCUT2D eigenvalue weighted by Crippen LogP contribution is -2.25. The summed E-state index contributed by atoms with van der Waals surface area (Å²) >= 11 is 7.11. The highest BCUT2D eigenvalue weighted by Crippen LogP contribution is 2.36. The number of anilines is 1. The zero-order valence-electron chi connectivity index (χ0n) is 15.7. The van der Waals surface area contributed by atoms with Crippen molar-refractivity contribution in [3.63, 3.8) is 0 Å². The van der Waals surface area contributed by atoms with Crippen molar-refractivity contribution >= 4 is 35.1 Å². The number of benzene rings is 1. The van der Waals surface area contributed by atoms with Crippen LogP contribution in [0, 0.1) is 0 Å². The third-order valence-electron chi connectivity index (χ3n) is 4.30. The maximum atomic E-state index is 12.5. The molecule has 1 aliphatic rings. The number of halogens is 1. The second kappa shape index (κ2) is 8.30. The zero-order valence-corrected chi connectivity index (χ0v) is 17.3. The largest absolute Gasteiger partial charge is 0.485 e. The maximum Gasteiger partial charge on any atom is 0.238 e. The van der Waals surface area contributed by atoms with Crippen molar-refractivity contribution in [3.8, 4) is 11.5 Å². The first-order chi connectivity index (χ1) is 14.0. The minimum absolute atomic E-state index is 0.194. The van der Waals surface area contributed by atoms with E-state index in [0.717, 1.165) is 0 Å². The van der Waals surface area contributed by atoms with E-state index in [1.54, 1.807) is 19.1 Å². The van der Waals surface area contributed by atoms with Gasteiger partial charge < -0.3 is 19.4 Å². The summed E-state index contributed by atoms with van der Waals surface area (Å²) in [6.07, 6.45) is 1.10. The zero-order chi connectivity index (χ0) is 20.4. The Morgan fingerprint density at radius 2 is 2.07 bits per heavy atom. The molecule has 0 bridgehead atoms. The number of hydrogen-bond acceptors (Lipinski definition) is 7. The average Bonchev–Trinajstić information content (AvgIpc) is 3.09. The number of pyridine rings is 1. The molecule has 2 unspecified atom stereocenters. The van der Waals surface area contributed by atoms with Crippen LogP contribution in [-0.2, 0) is 11.8 Å². The van der Waals surface area contributed by atoms with Crippen molar-refractivity contribution < 1.29 is 14.3 Å². The molecule has 3 aromatic rings. The van der Waals surface area contributed by atoms with Crippen LogP contribution in [0.4, 0.5) is 5.82 Å². The first-order valence-corrected chi connectivity index (χ1v) is 10.1. The normalized spacial score (nSPS) is 16.3. The fourth-order valence-electron chi connectivity index (χ4n) is 2.75. The maximum absolute atomic E-state index is 12.5. The molecule has 2 atom stereocenters. The van der Waals surface area contributed by atoms with Gasteiger partial charge in [0.15, 0.2) is 28.6 Å². The van der Waals surface area contributed by atoms with E-state index >= 15 is 0 Å². The number of nitrogens with zero attached hydrogens (tertiary/aromatic N) is 4. The molecule has 0 saturated carbocycles.